The molecule has 0 aliphatic heterocycles. The second-order valence-electron chi connectivity index (χ2n) is 3.10. The zero-order chi connectivity index (χ0) is 12.4. The number of benzene rings is 1. The molecule has 0 radical (unpaired) electrons. The maximum absolute atomic E-state index is 12.3. The third-order valence-corrected chi connectivity index (χ3v) is 3.57. The van der Waals surface area contributed by atoms with Crippen molar-refractivity contribution in [1.29, 1.82) is 0 Å². The Balaban J connectivity index is 3.34. The maximum atomic E-state index is 12.3. The van der Waals surface area contributed by atoms with Crippen molar-refractivity contribution < 1.29 is 21.6 Å². The fourth-order valence-electron chi connectivity index (χ4n) is 1.25. The Morgan fingerprint density at radius 3 is 2.25 bits per heavy atom. The largest absolute Gasteiger partial charge is 0.501 e. The Hall–Kier alpha value is -1.08. The third kappa shape index (κ3) is 2.35. The zero-order valence-corrected chi connectivity index (χ0v) is 8.98. The minimum absolute atomic E-state index is 0.0855. The maximum Gasteiger partial charge on any atom is 0.501 e. The van der Waals surface area contributed by atoms with Gasteiger partial charge in [-0.15, -0.1) is 0 Å². The summed E-state index contributed by atoms with van der Waals surface area (Å²) >= 11 is 0. The molecule has 90 valence electrons. The van der Waals surface area contributed by atoms with Crippen molar-refractivity contribution in [2.75, 3.05) is 6.54 Å². The van der Waals surface area contributed by atoms with E-state index in [-0.39, 0.29) is 18.5 Å². The molecule has 0 saturated carbocycles. The van der Waals surface area contributed by atoms with E-state index in [1.54, 1.807) is 0 Å². The van der Waals surface area contributed by atoms with Gasteiger partial charge in [0.1, 0.15) is 0 Å². The van der Waals surface area contributed by atoms with Crippen molar-refractivity contribution in [3.8, 4) is 0 Å². The molecular formula is C9H10F3NO2S. The smallest absolute Gasteiger partial charge is 0.330 e. The summed E-state index contributed by atoms with van der Waals surface area (Å²) in [7, 11) is -5.28. The van der Waals surface area contributed by atoms with Gasteiger partial charge in [0.15, 0.2) is 0 Å². The molecule has 0 bridgehead atoms. The van der Waals surface area contributed by atoms with Crippen molar-refractivity contribution in [2.24, 2.45) is 5.73 Å². The average molecular weight is 253 g/mol. The van der Waals surface area contributed by atoms with Gasteiger partial charge in [0.25, 0.3) is 9.84 Å². The molecule has 0 spiro atoms. The third-order valence-electron chi connectivity index (χ3n) is 1.98. The van der Waals surface area contributed by atoms with Gasteiger partial charge >= 0.3 is 5.51 Å². The van der Waals surface area contributed by atoms with Gasteiger partial charge in [-0.05, 0) is 24.6 Å². The first-order valence-electron chi connectivity index (χ1n) is 4.40. The van der Waals surface area contributed by atoms with Gasteiger partial charge in [-0.25, -0.2) is 8.42 Å². The molecule has 0 aromatic heterocycles. The van der Waals surface area contributed by atoms with Crippen LogP contribution in [-0.2, 0) is 16.3 Å². The molecule has 2 N–H and O–H groups in total. The van der Waals surface area contributed by atoms with Crippen molar-refractivity contribution in [2.45, 2.75) is 16.8 Å². The highest BCUT2D eigenvalue weighted by atomic mass is 32.2. The Labute approximate surface area is 91.0 Å². The Morgan fingerprint density at radius 2 is 1.75 bits per heavy atom. The van der Waals surface area contributed by atoms with Crippen LogP contribution in [0.25, 0.3) is 0 Å². The van der Waals surface area contributed by atoms with E-state index >= 15 is 0 Å². The molecule has 0 heterocycles. The lowest BCUT2D eigenvalue weighted by atomic mass is 10.1. The number of hydrogen-bond donors (Lipinski definition) is 1. The van der Waals surface area contributed by atoms with Gasteiger partial charge < -0.3 is 5.73 Å². The Morgan fingerprint density at radius 1 is 1.19 bits per heavy atom. The first kappa shape index (κ1) is 13.0. The van der Waals surface area contributed by atoms with Crippen LogP contribution >= 0.6 is 0 Å². The second kappa shape index (κ2) is 4.42. The number of sulfone groups is 1. The van der Waals surface area contributed by atoms with Gasteiger partial charge in [0.2, 0.25) is 0 Å². The van der Waals surface area contributed by atoms with Crippen LogP contribution in [0.3, 0.4) is 0 Å². The van der Waals surface area contributed by atoms with Crippen LogP contribution in [0.2, 0.25) is 0 Å². The lowest BCUT2D eigenvalue weighted by Crippen LogP contribution is -2.24. The number of hydrogen-bond acceptors (Lipinski definition) is 3. The van der Waals surface area contributed by atoms with Gasteiger partial charge in [-0.3, -0.25) is 0 Å². The first-order valence-corrected chi connectivity index (χ1v) is 5.88. The predicted octanol–water partition coefficient (Wildman–Crippen LogP) is 1.48. The Kier molecular flexibility index (Phi) is 3.59. The van der Waals surface area contributed by atoms with E-state index in [2.05, 4.69) is 0 Å². The molecule has 0 saturated heterocycles. The van der Waals surface area contributed by atoms with Crippen molar-refractivity contribution in [3.05, 3.63) is 29.8 Å². The summed E-state index contributed by atoms with van der Waals surface area (Å²) < 4.78 is 59.3. The van der Waals surface area contributed by atoms with E-state index in [4.69, 9.17) is 5.73 Å². The van der Waals surface area contributed by atoms with Crippen LogP contribution in [0.4, 0.5) is 13.2 Å². The van der Waals surface area contributed by atoms with Gasteiger partial charge in [-0.2, -0.15) is 13.2 Å². The minimum atomic E-state index is -5.28. The van der Waals surface area contributed by atoms with E-state index in [1.807, 2.05) is 0 Å². The molecule has 16 heavy (non-hydrogen) atoms. The van der Waals surface area contributed by atoms with Crippen LogP contribution < -0.4 is 5.73 Å². The van der Waals surface area contributed by atoms with E-state index in [0.717, 1.165) is 6.07 Å². The summed E-state index contributed by atoms with van der Waals surface area (Å²) in [6.07, 6.45) is 0.0888. The van der Waals surface area contributed by atoms with E-state index in [1.165, 1.54) is 18.2 Å². The monoisotopic (exact) mass is 253 g/mol. The molecule has 7 heteroatoms. The molecule has 1 aromatic rings. The fraction of sp³-hybridized carbons (Fsp3) is 0.333. The van der Waals surface area contributed by atoms with Crippen molar-refractivity contribution >= 4 is 9.84 Å². The summed E-state index contributed by atoms with van der Waals surface area (Å²) in [6, 6.07) is 4.98. The predicted molar refractivity (Wildman–Crippen MR) is 52.4 cm³/mol. The topological polar surface area (TPSA) is 60.2 Å². The summed E-state index contributed by atoms with van der Waals surface area (Å²) in [5.41, 5.74) is 0.0111. The highest BCUT2D eigenvalue weighted by molar-refractivity contribution is 7.92. The highest BCUT2D eigenvalue weighted by Crippen LogP contribution is 2.32. The van der Waals surface area contributed by atoms with E-state index < -0.39 is 20.2 Å². The van der Waals surface area contributed by atoms with Crippen LogP contribution in [0, 0.1) is 0 Å². The van der Waals surface area contributed by atoms with Crippen molar-refractivity contribution in [3.63, 3.8) is 0 Å². The molecule has 0 aliphatic carbocycles. The number of rotatable bonds is 3. The standard InChI is InChI=1S/C9H10F3NO2S/c10-9(11,12)16(14,15)8-4-2-1-3-7(8)5-6-13/h1-4H,5-6,13H2. The van der Waals surface area contributed by atoms with Gasteiger partial charge in [-0.1, -0.05) is 18.2 Å². The fourth-order valence-corrected chi connectivity index (χ4v) is 2.28. The zero-order valence-electron chi connectivity index (χ0n) is 8.16. The molecule has 0 aliphatic rings. The number of nitrogens with two attached hydrogens (primary N) is 1. The van der Waals surface area contributed by atoms with Crippen LogP contribution in [0.15, 0.2) is 29.2 Å². The SMILES string of the molecule is NCCc1ccccc1S(=O)(=O)C(F)(F)F. The Bertz CT molecular complexity index is 468. The van der Waals surface area contributed by atoms with Crippen LogP contribution in [0.5, 0.6) is 0 Å². The van der Waals surface area contributed by atoms with Crippen LogP contribution in [0.1, 0.15) is 5.56 Å². The summed E-state index contributed by atoms with van der Waals surface area (Å²) in [4.78, 5) is -0.715. The van der Waals surface area contributed by atoms with E-state index in [0.29, 0.717) is 0 Å². The number of halogens is 3. The minimum Gasteiger partial charge on any atom is -0.330 e. The molecule has 0 amide bonds. The van der Waals surface area contributed by atoms with Gasteiger partial charge in [0.05, 0.1) is 4.90 Å². The molecule has 0 unspecified atom stereocenters. The number of alkyl halides is 3. The normalized spacial score (nSPS) is 12.8. The molecular weight excluding hydrogens is 243 g/mol. The first-order chi connectivity index (χ1) is 7.30. The van der Waals surface area contributed by atoms with Gasteiger partial charge in [0, 0.05) is 0 Å². The molecule has 3 nitrogen and oxygen atoms in total. The average Bonchev–Trinajstić information content (AvgIpc) is 2.17. The lowest BCUT2D eigenvalue weighted by Gasteiger charge is -2.11. The summed E-state index contributed by atoms with van der Waals surface area (Å²) in [6.45, 7) is 0.0877. The summed E-state index contributed by atoms with van der Waals surface area (Å²) in [5.74, 6) is 0. The molecule has 1 aromatic carbocycles. The van der Waals surface area contributed by atoms with E-state index in [9.17, 15) is 21.6 Å². The lowest BCUT2D eigenvalue weighted by molar-refractivity contribution is -0.0436. The molecule has 1 rings (SSSR count). The molecule has 0 atom stereocenters. The quantitative estimate of drug-likeness (QED) is 0.887. The van der Waals surface area contributed by atoms with Crippen LogP contribution in [-0.4, -0.2) is 20.5 Å². The van der Waals surface area contributed by atoms with Crippen molar-refractivity contribution in [1.82, 2.24) is 0 Å². The highest BCUT2D eigenvalue weighted by Gasteiger charge is 2.47. The second-order valence-corrected chi connectivity index (χ2v) is 5.01. The summed E-state index contributed by atoms with van der Waals surface area (Å²) in [5, 5.41) is 0. The molecule has 0 fully saturated rings.